The lowest BCUT2D eigenvalue weighted by Gasteiger charge is -2.42. The summed E-state index contributed by atoms with van der Waals surface area (Å²) in [5.74, 6) is -51.0. The predicted octanol–water partition coefficient (Wildman–Crippen LogP) is 4.43. The second-order valence-corrected chi connectivity index (χ2v) is 7.00. The molecule has 0 amide bonds. The maximum absolute atomic E-state index is 13.2. The first kappa shape index (κ1) is 29.1. The SMILES string of the molecule is O=S(O)C(F)(F)C(F)(F)C(F)(F)C(F)(F)C(F)(F)C(F)(F)C(F)(F)C(F)(F)S(=O)O. The van der Waals surface area contributed by atoms with Gasteiger partial charge in [0.2, 0.25) is 22.2 Å². The van der Waals surface area contributed by atoms with Crippen molar-refractivity contribution < 1.29 is 87.8 Å². The zero-order valence-corrected chi connectivity index (χ0v) is 14.2. The van der Waals surface area contributed by atoms with Crippen molar-refractivity contribution in [2.45, 2.75) is 46.0 Å². The quantitative estimate of drug-likeness (QED) is 0.342. The summed E-state index contributed by atoms with van der Waals surface area (Å²) in [5, 5.41) is -14.6. The van der Waals surface area contributed by atoms with E-state index in [-0.39, 0.29) is 0 Å². The Morgan fingerprint density at radius 1 is 0.367 bits per heavy atom. The van der Waals surface area contributed by atoms with Crippen LogP contribution < -0.4 is 0 Å². The van der Waals surface area contributed by atoms with Gasteiger partial charge in [-0.3, -0.25) is 0 Å². The smallest absolute Gasteiger partial charge is 0.301 e. The van der Waals surface area contributed by atoms with Crippen molar-refractivity contribution in [1.82, 2.24) is 0 Å². The van der Waals surface area contributed by atoms with Gasteiger partial charge in [0.05, 0.1) is 0 Å². The van der Waals surface area contributed by atoms with E-state index in [1.165, 1.54) is 0 Å². The van der Waals surface area contributed by atoms with Crippen molar-refractivity contribution in [3.05, 3.63) is 0 Å². The molecule has 0 spiro atoms. The zero-order valence-electron chi connectivity index (χ0n) is 12.6. The third kappa shape index (κ3) is 3.36. The van der Waals surface area contributed by atoms with Crippen molar-refractivity contribution in [3.63, 3.8) is 0 Å². The highest BCUT2D eigenvalue weighted by molar-refractivity contribution is 7.80. The van der Waals surface area contributed by atoms with Crippen LogP contribution in [0.5, 0.6) is 0 Å². The Hall–Kier alpha value is -0.900. The molecular weight excluding hydrogens is 528 g/mol. The molecule has 0 fully saturated rings. The van der Waals surface area contributed by atoms with Crippen LogP contribution in [0.4, 0.5) is 70.2 Å². The standard InChI is InChI=1S/C8H2F16O4S2/c9-1(10,3(13,14)5(17,18)7(21,22)29(25)26)2(11,12)4(15,16)6(19,20)8(23,24)30(27)28/h(H,25,26)(H,27,28). The molecule has 0 aliphatic carbocycles. The Kier molecular flexibility index (Phi) is 7.10. The molecule has 0 aliphatic heterocycles. The number of hydrogen-bond acceptors (Lipinski definition) is 2. The number of hydrogen-bond donors (Lipinski definition) is 2. The van der Waals surface area contributed by atoms with Gasteiger partial charge in [0.1, 0.15) is 0 Å². The highest BCUT2D eigenvalue weighted by atomic mass is 32.2. The van der Waals surface area contributed by atoms with E-state index in [9.17, 15) is 78.7 Å². The van der Waals surface area contributed by atoms with Crippen molar-refractivity contribution in [3.8, 4) is 0 Å². The second-order valence-electron chi connectivity index (χ2n) is 4.98. The highest BCUT2D eigenvalue weighted by Gasteiger charge is 2.95. The molecule has 182 valence electrons. The minimum Gasteiger partial charge on any atom is -0.301 e. The molecule has 4 nitrogen and oxygen atoms in total. The third-order valence-corrected chi connectivity index (χ3v) is 4.53. The van der Waals surface area contributed by atoms with Gasteiger partial charge in [0.25, 0.3) is 0 Å². The van der Waals surface area contributed by atoms with Gasteiger partial charge in [-0.15, -0.1) is 0 Å². The first-order valence-electron chi connectivity index (χ1n) is 5.88. The Balaban J connectivity index is 6.90. The molecule has 0 aromatic rings. The van der Waals surface area contributed by atoms with E-state index in [0.717, 1.165) is 0 Å². The molecule has 0 radical (unpaired) electrons. The van der Waals surface area contributed by atoms with Crippen LogP contribution in [0, 0.1) is 0 Å². The molecule has 0 saturated carbocycles. The zero-order chi connectivity index (χ0) is 25.2. The van der Waals surface area contributed by atoms with Crippen LogP contribution in [0.3, 0.4) is 0 Å². The molecule has 0 rings (SSSR count). The third-order valence-electron chi connectivity index (χ3n) is 3.14. The molecule has 2 atom stereocenters. The lowest BCUT2D eigenvalue weighted by Crippen LogP contribution is -2.75. The van der Waals surface area contributed by atoms with Crippen LogP contribution in [0.2, 0.25) is 0 Å². The maximum Gasteiger partial charge on any atom is 0.413 e. The Labute approximate surface area is 157 Å². The molecule has 0 heterocycles. The molecule has 0 bridgehead atoms. The van der Waals surface area contributed by atoms with Crippen molar-refractivity contribution in [2.24, 2.45) is 0 Å². The first-order chi connectivity index (χ1) is 12.6. The topological polar surface area (TPSA) is 74.6 Å². The van der Waals surface area contributed by atoms with Gasteiger partial charge in [0.15, 0.2) is 0 Å². The Morgan fingerprint density at radius 2 is 0.500 bits per heavy atom. The first-order valence-corrected chi connectivity index (χ1v) is 8.09. The normalized spacial score (nSPS) is 18.3. The van der Waals surface area contributed by atoms with Gasteiger partial charge in [-0.05, 0) is 0 Å². The van der Waals surface area contributed by atoms with Gasteiger partial charge in [-0.25, -0.2) is 8.42 Å². The van der Waals surface area contributed by atoms with E-state index in [1.54, 1.807) is 0 Å². The predicted molar refractivity (Wildman–Crippen MR) is 61.1 cm³/mol. The average Bonchev–Trinajstić information content (AvgIpc) is 2.52. The lowest BCUT2D eigenvalue weighted by molar-refractivity contribution is -0.443. The summed E-state index contributed by atoms with van der Waals surface area (Å²) in [6, 6.07) is 0. The molecule has 2 N–H and O–H groups in total. The summed E-state index contributed by atoms with van der Waals surface area (Å²) in [6.45, 7) is 0. The number of rotatable bonds is 9. The van der Waals surface area contributed by atoms with Gasteiger partial charge in [-0.1, -0.05) is 0 Å². The fourth-order valence-corrected chi connectivity index (χ4v) is 2.07. The second kappa shape index (κ2) is 7.32. The molecule has 22 heteroatoms. The maximum atomic E-state index is 13.2. The Bertz CT molecular complexity index is 658. The van der Waals surface area contributed by atoms with E-state index in [0.29, 0.717) is 0 Å². The molecule has 30 heavy (non-hydrogen) atoms. The van der Waals surface area contributed by atoms with E-state index in [1.807, 2.05) is 0 Å². The van der Waals surface area contributed by atoms with Crippen molar-refractivity contribution in [2.75, 3.05) is 0 Å². The largest absolute Gasteiger partial charge is 0.413 e. The summed E-state index contributed by atoms with van der Waals surface area (Å²) < 4.78 is 243. The van der Waals surface area contributed by atoms with Crippen LogP contribution in [0.1, 0.15) is 0 Å². The molecule has 0 aromatic heterocycles. The molecule has 2 unspecified atom stereocenters. The Morgan fingerprint density at radius 3 is 0.633 bits per heavy atom. The number of alkyl halides is 16. The fraction of sp³-hybridized carbons (Fsp3) is 1.00. The van der Waals surface area contributed by atoms with E-state index < -0.39 is 68.2 Å². The van der Waals surface area contributed by atoms with Crippen LogP contribution >= 0.6 is 0 Å². The molecule has 0 saturated heterocycles. The summed E-state index contributed by atoms with van der Waals surface area (Å²) >= 11 is -11.2. The minimum atomic E-state index is -8.77. The lowest BCUT2D eigenvalue weighted by atomic mass is 9.91. The summed E-state index contributed by atoms with van der Waals surface area (Å²) in [7, 11) is 0. The number of halogens is 16. The van der Waals surface area contributed by atoms with Crippen LogP contribution in [-0.2, 0) is 22.2 Å². The highest BCUT2D eigenvalue weighted by Crippen LogP contribution is 2.64. The average molecular weight is 530 g/mol. The molecule has 0 aromatic carbocycles. The van der Waals surface area contributed by atoms with Gasteiger partial charge < -0.3 is 9.11 Å². The summed E-state index contributed by atoms with van der Waals surface area (Å²) in [4.78, 5) is 0. The molecule has 0 aliphatic rings. The van der Waals surface area contributed by atoms with Crippen LogP contribution in [0.15, 0.2) is 0 Å². The summed E-state index contributed by atoms with van der Waals surface area (Å²) in [6.07, 6.45) is 0. The van der Waals surface area contributed by atoms with Crippen molar-refractivity contribution >= 4 is 22.2 Å². The van der Waals surface area contributed by atoms with Crippen molar-refractivity contribution in [1.29, 1.82) is 0 Å². The van der Waals surface area contributed by atoms with Crippen LogP contribution in [0.25, 0.3) is 0 Å². The van der Waals surface area contributed by atoms with E-state index in [2.05, 4.69) is 0 Å². The summed E-state index contributed by atoms with van der Waals surface area (Å²) in [5.41, 5.74) is 0. The van der Waals surface area contributed by atoms with E-state index in [4.69, 9.17) is 9.11 Å². The van der Waals surface area contributed by atoms with Gasteiger partial charge in [-0.2, -0.15) is 70.2 Å². The van der Waals surface area contributed by atoms with Crippen LogP contribution in [-0.4, -0.2) is 63.6 Å². The van der Waals surface area contributed by atoms with E-state index >= 15 is 0 Å². The monoisotopic (exact) mass is 530 g/mol. The molecular formula is C8H2F16O4S2. The minimum absolute atomic E-state index is 5.58. The van der Waals surface area contributed by atoms with Gasteiger partial charge in [0, 0.05) is 0 Å². The van der Waals surface area contributed by atoms with Gasteiger partial charge >= 0.3 is 46.0 Å². The fourth-order valence-electron chi connectivity index (χ4n) is 1.37.